The van der Waals surface area contributed by atoms with E-state index in [-0.39, 0.29) is 16.9 Å². The monoisotopic (exact) mass is 483 g/mol. The third-order valence-corrected chi connectivity index (χ3v) is 4.94. The predicted octanol–water partition coefficient (Wildman–Crippen LogP) is 8.06. The lowest BCUT2D eigenvalue weighted by Gasteiger charge is -2.17. The first-order valence-electron chi connectivity index (χ1n) is 10.8. The van der Waals surface area contributed by atoms with Gasteiger partial charge in [0.15, 0.2) is 5.82 Å². The summed E-state index contributed by atoms with van der Waals surface area (Å²) < 4.78 is 57.9. The van der Waals surface area contributed by atoms with E-state index in [2.05, 4.69) is 29.5 Å². The van der Waals surface area contributed by atoms with Crippen LogP contribution >= 0.6 is 0 Å². The van der Waals surface area contributed by atoms with E-state index >= 15 is 4.39 Å². The normalized spacial score (nSPS) is 10.1. The van der Waals surface area contributed by atoms with Crippen molar-refractivity contribution in [2.75, 3.05) is 7.05 Å². The van der Waals surface area contributed by atoms with Gasteiger partial charge in [-0.05, 0) is 44.3 Å². The maximum Gasteiger partial charge on any atom is 0.417 e. The van der Waals surface area contributed by atoms with Crippen molar-refractivity contribution >= 4 is 17.6 Å². The van der Waals surface area contributed by atoms with Crippen LogP contribution in [0.5, 0.6) is 0 Å². The number of rotatable bonds is 2. The first-order chi connectivity index (χ1) is 16.7. The number of aryl methyl sites for hydroxylation is 1. The maximum absolute atomic E-state index is 15.7. The van der Waals surface area contributed by atoms with Gasteiger partial charge >= 0.3 is 6.18 Å². The molecule has 0 bridgehead atoms. The third-order valence-electron chi connectivity index (χ3n) is 4.94. The van der Waals surface area contributed by atoms with E-state index in [1.54, 1.807) is 42.1 Å². The number of hydrogen-bond acceptors (Lipinski definition) is 2. The molecule has 2 aromatic heterocycles. The van der Waals surface area contributed by atoms with Crippen LogP contribution in [-0.2, 0) is 6.18 Å². The second kappa shape index (κ2) is 13.1. The zero-order chi connectivity index (χ0) is 26.8. The highest BCUT2D eigenvalue weighted by Gasteiger charge is 2.35. The highest BCUT2D eigenvalue weighted by atomic mass is 19.4. The Morgan fingerprint density at radius 2 is 1.49 bits per heavy atom. The van der Waals surface area contributed by atoms with Crippen molar-refractivity contribution in [2.45, 2.75) is 33.9 Å². The molecule has 184 valence electrons. The molecule has 7 heteroatoms. The molecule has 0 amide bonds. The van der Waals surface area contributed by atoms with Crippen molar-refractivity contribution < 1.29 is 17.6 Å². The van der Waals surface area contributed by atoms with Crippen molar-refractivity contribution in [1.82, 2.24) is 9.55 Å². The molecule has 0 fully saturated rings. The Morgan fingerprint density at radius 1 is 0.943 bits per heavy atom. The van der Waals surface area contributed by atoms with Gasteiger partial charge in [-0.15, -0.1) is 12.8 Å². The fraction of sp³-hybridized carbons (Fsp3) is 0.214. The highest BCUT2D eigenvalue weighted by Crippen LogP contribution is 2.39. The van der Waals surface area contributed by atoms with E-state index in [0.29, 0.717) is 10.9 Å². The van der Waals surface area contributed by atoms with Gasteiger partial charge in [0.05, 0.1) is 16.8 Å². The van der Waals surface area contributed by atoms with Gasteiger partial charge in [-0.2, -0.15) is 13.2 Å². The van der Waals surface area contributed by atoms with Crippen LogP contribution in [0.2, 0.25) is 0 Å². The van der Waals surface area contributed by atoms with Gasteiger partial charge in [-0.25, -0.2) is 9.37 Å². The molecule has 0 aliphatic carbocycles. The molecule has 0 N–H and O–H groups in total. The molecule has 0 saturated carbocycles. The molecule has 0 radical (unpaired) electrons. The molecule has 0 spiro atoms. The predicted molar refractivity (Wildman–Crippen MR) is 138 cm³/mol. The Kier molecular flexibility index (Phi) is 10.9. The number of benzene rings is 2. The first kappa shape index (κ1) is 29.1. The molecular weight excluding hydrogens is 454 g/mol. The van der Waals surface area contributed by atoms with Gasteiger partial charge in [0.2, 0.25) is 0 Å². The average molecular weight is 484 g/mol. The lowest BCUT2D eigenvalue weighted by Crippen LogP contribution is -2.10. The summed E-state index contributed by atoms with van der Waals surface area (Å²) in [6.07, 6.45) is 5.10. The van der Waals surface area contributed by atoms with Crippen LogP contribution < -0.4 is 0 Å². The minimum Gasteiger partial charge on any atom is -0.318 e. The fourth-order valence-corrected chi connectivity index (χ4v) is 3.37. The minimum atomic E-state index is -4.61. The summed E-state index contributed by atoms with van der Waals surface area (Å²) in [7, 11) is 1.64. The van der Waals surface area contributed by atoms with E-state index in [4.69, 9.17) is 0 Å². The Labute approximate surface area is 204 Å². The lowest BCUT2D eigenvalue weighted by molar-refractivity contribution is -0.137. The molecular formula is C28H29F4N3. The van der Waals surface area contributed by atoms with E-state index < -0.39 is 17.6 Å². The van der Waals surface area contributed by atoms with Crippen molar-refractivity contribution in [3.05, 3.63) is 83.4 Å². The van der Waals surface area contributed by atoms with Crippen molar-refractivity contribution in [2.24, 2.45) is 4.99 Å². The van der Waals surface area contributed by atoms with Crippen LogP contribution in [0.25, 0.3) is 27.8 Å². The highest BCUT2D eigenvalue weighted by molar-refractivity contribution is 5.91. The zero-order valence-electron chi connectivity index (χ0n) is 20.5. The van der Waals surface area contributed by atoms with Crippen LogP contribution in [0, 0.1) is 32.5 Å². The Hall–Kier alpha value is -3.92. The smallest absolute Gasteiger partial charge is 0.318 e. The van der Waals surface area contributed by atoms with E-state index in [9.17, 15) is 13.2 Å². The molecule has 0 atom stereocenters. The largest absolute Gasteiger partial charge is 0.417 e. The molecule has 0 saturated heterocycles. The average Bonchev–Trinajstić information content (AvgIpc) is 3.19. The molecule has 3 nitrogen and oxygen atoms in total. The summed E-state index contributed by atoms with van der Waals surface area (Å²) in [6, 6.07) is 13.6. The number of alkyl halides is 3. The van der Waals surface area contributed by atoms with Gasteiger partial charge in [-0.1, -0.05) is 50.2 Å². The van der Waals surface area contributed by atoms with Gasteiger partial charge in [0.1, 0.15) is 5.69 Å². The van der Waals surface area contributed by atoms with Crippen LogP contribution in [0.3, 0.4) is 0 Å². The molecule has 0 aliphatic heterocycles. The minimum absolute atomic E-state index is 0.197. The number of para-hydroxylation sites is 1. The van der Waals surface area contributed by atoms with Gasteiger partial charge < -0.3 is 9.56 Å². The van der Waals surface area contributed by atoms with E-state index in [1.165, 1.54) is 18.2 Å². The molecule has 0 unspecified atom stereocenters. The third kappa shape index (κ3) is 6.36. The van der Waals surface area contributed by atoms with Crippen LogP contribution in [0.4, 0.5) is 17.6 Å². The molecule has 2 aromatic carbocycles. The molecule has 0 aliphatic rings. The molecule has 35 heavy (non-hydrogen) atoms. The summed E-state index contributed by atoms with van der Waals surface area (Å²) >= 11 is 0. The molecule has 2 heterocycles. The van der Waals surface area contributed by atoms with E-state index in [0.717, 1.165) is 17.3 Å². The van der Waals surface area contributed by atoms with Gasteiger partial charge in [-0.3, -0.25) is 0 Å². The fourth-order valence-electron chi connectivity index (χ4n) is 3.37. The van der Waals surface area contributed by atoms with Crippen molar-refractivity contribution in [3.63, 3.8) is 0 Å². The summed E-state index contributed by atoms with van der Waals surface area (Å²) in [5.74, 6) is -0.783. The number of hydrogen-bond donors (Lipinski definition) is 0. The second-order valence-corrected chi connectivity index (χ2v) is 6.95. The second-order valence-electron chi connectivity index (χ2n) is 6.95. The number of aliphatic imine (C=N–C) groups is 1. The van der Waals surface area contributed by atoms with Crippen molar-refractivity contribution in [1.29, 1.82) is 0 Å². The number of pyridine rings is 1. The van der Waals surface area contributed by atoms with Crippen LogP contribution in [0.15, 0.2) is 65.8 Å². The summed E-state index contributed by atoms with van der Waals surface area (Å²) in [4.78, 5) is 7.50. The Morgan fingerprint density at radius 3 is 2.03 bits per heavy atom. The maximum atomic E-state index is 15.7. The Bertz CT molecular complexity index is 1280. The number of nitrogens with zero attached hydrogens (tertiary/aromatic N) is 3. The van der Waals surface area contributed by atoms with Gasteiger partial charge in [0.25, 0.3) is 0 Å². The van der Waals surface area contributed by atoms with Crippen LogP contribution in [0.1, 0.15) is 30.7 Å². The molecule has 4 rings (SSSR count). The summed E-state index contributed by atoms with van der Waals surface area (Å²) in [6.45, 7) is 10.8. The lowest BCUT2D eigenvalue weighted by atomic mass is 10.0. The SMILES string of the molecule is C#C.C=NC.CC.Cc1ccn(-c2c(F)c(-c3ccccc3C(F)(F)F)nc3ccccc23)c1C. The number of terminal acetylenes is 1. The summed E-state index contributed by atoms with van der Waals surface area (Å²) in [5.41, 5.74) is 0.888. The standard InChI is InChI=1S/C22H16F4N2.C2H5N.C2H6.C2H2/c1-13-11-12-28(14(13)2)21-16-8-4-6-10-18(16)27-20(19(21)23)15-7-3-5-9-17(15)22(24,25)26;1-3-2;2*1-2/h3-12H,1-2H3;1H2,2H3;1-2H3;1-2H. The summed E-state index contributed by atoms with van der Waals surface area (Å²) in [5, 5.41) is 0.534. The molecule has 4 aromatic rings. The topological polar surface area (TPSA) is 30.2 Å². The first-order valence-corrected chi connectivity index (χ1v) is 10.8. The van der Waals surface area contributed by atoms with Crippen molar-refractivity contribution in [3.8, 4) is 29.8 Å². The number of fused-ring (bicyclic) bond motifs is 1. The zero-order valence-corrected chi connectivity index (χ0v) is 20.5. The Balaban J connectivity index is 0.000000797. The van der Waals surface area contributed by atoms with Crippen LogP contribution in [-0.4, -0.2) is 23.3 Å². The quantitative estimate of drug-likeness (QED) is 0.161. The van der Waals surface area contributed by atoms with Gasteiger partial charge in [0, 0.05) is 29.9 Å². The number of aromatic nitrogens is 2. The number of halogens is 4. The van der Waals surface area contributed by atoms with E-state index in [1.807, 2.05) is 33.8 Å².